The second kappa shape index (κ2) is 14.9. The van der Waals surface area contributed by atoms with Crippen molar-refractivity contribution in [2.75, 3.05) is 19.8 Å². The summed E-state index contributed by atoms with van der Waals surface area (Å²) >= 11 is 0. The lowest BCUT2D eigenvalue weighted by atomic mass is 9.99. The number of rotatable bonds is 16. The standard InChI is InChI=1S/C29H38O4/c1-5-9-19-32-26-21-24(27(11-7-3)29(22-26)33-20-10-6-2)14-17-28(30)23-12-15-25(16-13-23)31-18-8-4/h8,12-17,21-22H,4-7,9-11,18-20H2,1-3H3. The Hall–Kier alpha value is -3.01. The Morgan fingerprint density at radius 1 is 0.879 bits per heavy atom. The molecule has 2 aromatic carbocycles. The van der Waals surface area contributed by atoms with Gasteiger partial charge in [0.05, 0.1) is 13.2 Å². The summed E-state index contributed by atoms with van der Waals surface area (Å²) in [5, 5.41) is 0. The Morgan fingerprint density at radius 2 is 1.58 bits per heavy atom. The van der Waals surface area contributed by atoms with Crippen molar-refractivity contribution in [1.82, 2.24) is 0 Å². The van der Waals surface area contributed by atoms with Crippen LogP contribution < -0.4 is 14.2 Å². The van der Waals surface area contributed by atoms with Crippen LogP contribution in [0.2, 0.25) is 0 Å². The average Bonchev–Trinajstić information content (AvgIpc) is 2.83. The summed E-state index contributed by atoms with van der Waals surface area (Å²) in [6.45, 7) is 11.9. The molecule has 0 spiro atoms. The normalized spacial score (nSPS) is 10.9. The highest BCUT2D eigenvalue weighted by atomic mass is 16.5. The minimum atomic E-state index is -0.0570. The molecule has 2 rings (SSSR count). The van der Waals surface area contributed by atoms with Gasteiger partial charge >= 0.3 is 0 Å². The van der Waals surface area contributed by atoms with E-state index >= 15 is 0 Å². The molecule has 0 heterocycles. The Morgan fingerprint density at radius 3 is 2.21 bits per heavy atom. The van der Waals surface area contributed by atoms with Crippen LogP contribution in [0, 0.1) is 0 Å². The fraction of sp³-hybridized carbons (Fsp3) is 0.414. The quantitative estimate of drug-likeness (QED) is 0.115. The predicted octanol–water partition coefficient (Wildman–Crippen LogP) is 7.46. The fourth-order valence-electron chi connectivity index (χ4n) is 3.31. The zero-order chi connectivity index (χ0) is 23.9. The molecule has 4 heteroatoms. The van der Waals surface area contributed by atoms with E-state index in [9.17, 15) is 4.79 Å². The smallest absolute Gasteiger partial charge is 0.185 e. The number of hydrogen-bond donors (Lipinski definition) is 0. The van der Waals surface area contributed by atoms with Crippen molar-refractivity contribution in [3.05, 3.63) is 71.8 Å². The summed E-state index contributed by atoms with van der Waals surface area (Å²) in [4.78, 5) is 12.8. The number of ketones is 1. The Balaban J connectivity index is 2.28. The van der Waals surface area contributed by atoms with E-state index < -0.39 is 0 Å². The summed E-state index contributed by atoms with van der Waals surface area (Å²) in [6, 6.07) is 11.2. The first-order valence-corrected chi connectivity index (χ1v) is 12.1. The molecule has 0 saturated heterocycles. The summed E-state index contributed by atoms with van der Waals surface area (Å²) in [6.07, 6.45) is 11.2. The van der Waals surface area contributed by atoms with Gasteiger partial charge in [-0.3, -0.25) is 4.79 Å². The van der Waals surface area contributed by atoms with Crippen LogP contribution in [-0.2, 0) is 6.42 Å². The van der Waals surface area contributed by atoms with Crippen LogP contribution in [0.4, 0.5) is 0 Å². The van der Waals surface area contributed by atoms with Crippen molar-refractivity contribution in [2.24, 2.45) is 0 Å². The number of benzene rings is 2. The van der Waals surface area contributed by atoms with Crippen molar-refractivity contribution >= 4 is 11.9 Å². The van der Waals surface area contributed by atoms with Crippen molar-refractivity contribution in [3.63, 3.8) is 0 Å². The summed E-state index contributed by atoms with van der Waals surface area (Å²) in [7, 11) is 0. The molecule has 0 atom stereocenters. The van der Waals surface area contributed by atoms with E-state index in [1.807, 2.05) is 18.2 Å². The molecule has 0 fully saturated rings. The molecule has 178 valence electrons. The maximum absolute atomic E-state index is 12.8. The van der Waals surface area contributed by atoms with Crippen molar-refractivity contribution in [1.29, 1.82) is 0 Å². The fourth-order valence-corrected chi connectivity index (χ4v) is 3.31. The molecule has 0 saturated carbocycles. The Kier molecular flexibility index (Phi) is 11.9. The van der Waals surface area contributed by atoms with Crippen LogP contribution in [-0.4, -0.2) is 25.6 Å². The van der Waals surface area contributed by atoms with Gasteiger partial charge in [0.25, 0.3) is 0 Å². The number of unbranched alkanes of at least 4 members (excludes halogenated alkanes) is 2. The van der Waals surface area contributed by atoms with E-state index in [-0.39, 0.29) is 5.78 Å². The molecule has 0 bridgehead atoms. The highest BCUT2D eigenvalue weighted by Crippen LogP contribution is 2.32. The monoisotopic (exact) mass is 450 g/mol. The number of allylic oxidation sites excluding steroid dienone is 1. The van der Waals surface area contributed by atoms with Gasteiger partial charge in [0.2, 0.25) is 0 Å². The van der Waals surface area contributed by atoms with E-state index in [4.69, 9.17) is 14.2 Å². The maximum atomic E-state index is 12.8. The predicted molar refractivity (Wildman–Crippen MR) is 137 cm³/mol. The Bertz CT molecular complexity index is 897. The van der Waals surface area contributed by atoms with Crippen LogP contribution in [0.25, 0.3) is 6.08 Å². The van der Waals surface area contributed by atoms with Gasteiger partial charge < -0.3 is 14.2 Å². The molecular formula is C29H38O4. The first-order valence-electron chi connectivity index (χ1n) is 12.1. The second-order valence-electron chi connectivity index (χ2n) is 7.96. The summed E-state index contributed by atoms with van der Waals surface area (Å²) in [5.41, 5.74) is 2.70. The topological polar surface area (TPSA) is 44.8 Å². The van der Waals surface area contributed by atoms with Gasteiger partial charge in [0.1, 0.15) is 23.9 Å². The van der Waals surface area contributed by atoms with Gasteiger partial charge in [-0.25, -0.2) is 0 Å². The molecular weight excluding hydrogens is 412 g/mol. The lowest BCUT2D eigenvalue weighted by Crippen LogP contribution is -2.04. The van der Waals surface area contributed by atoms with E-state index in [0.29, 0.717) is 31.1 Å². The molecule has 0 aromatic heterocycles. The number of ether oxygens (including phenoxy) is 3. The van der Waals surface area contributed by atoms with E-state index in [1.54, 1.807) is 36.4 Å². The van der Waals surface area contributed by atoms with Crippen molar-refractivity contribution in [3.8, 4) is 17.2 Å². The molecule has 0 aliphatic heterocycles. The van der Waals surface area contributed by atoms with Gasteiger partial charge in [0.15, 0.2) is 5.78 Å². The summed E-state index contributed by atoms with van der Waals surface area (Å²) < 4.78 is 17.6. The van der Waals surface area contributed by atoms with Crippen LogP contribution in [0.5, 0.6) is 17.2 Å². The minimum absolute atomic E-state index is 0.0570. The molecule has 0 radical (unpaired) electrons. The maximum Gasteiger partial charge on any atom is 0.185 e. The zero-order valence-electron chi connectivity index (χ0n) is 20.4. The lowest BCUT2D eigenvalue weighted by Gasteiger charge is -2.16. The van der Waals surface area contributed by atoms with E-state index in [1.165, 1.54) is 0 Å². The van der Waals surface area contributed by atoms with Crippen molar-refractivity contribution in [2.45, 2.75) is 59.3 Å². The third-order valence-corrected chi connectivity index (χ3v) is 5.16. The highest BCUT2D eigenvalue weighted by molar-refractivity contribution is 6.07. The first kappa shape index (κ1) is 26.2. The SMILES string of the molecule is C=CCOc1ccc(C(=O)C=Cc2cc(OCCCC)cc(OCCCC)c2CCC)cc1. The molecule has 0 unspecified atom stereocenters. The van der Waals surface area contributed by atoms with Crippen LogP contribution in [0.15, 0.2) is 55.1 Å². The van der Waals surface area contributed by atoms with Crippen LogP contribution in [0.3, 0.4) is 0 Å². The largest absolute Gasteiger partial charge is 0.493 e. The molecule has 0 aliphatic rings. The van der Waals surface area contributed by atoms with Crippen molar-refractivity contribution < 1.29 is 19.0 Å². The van der Waals surface area contributed by atoms with Gasteiger partial charge in [-0.05, 0) is 61.2 Å². The molecule has 0 N–H and O–H groups in total. The molecule has 2 aromatic rings. The zero-order valence-corrected chi connectivity index (χ0v) is 20.4. The third-order valence-electron chi connectivity index (χ3n) is 5.16. The number of carbonyl (C=O) groups excluding carboxylic acids is 1. The van der Waals surface area contributed by atoms with E-state index in [2.05, 4.69) is 27.4 Å². The van der Waals surface area contributed by atoms with Crippen LogP contribution in [0.1, 0.15) is 74.4 Å². The number of carbonyl (C=O) groups is 1. The highest BCUT2D eigenvalue weighted by Gasteiger charge is 2.12. The third kappa shape index (κ3) is 8.80. The summed E-state index contributed by atoms with van der Waals surface area (Å²) in [5.74, 6) is 2.30. The first-order chi connectivity index (χ1) is 16.1. The molecule has 33 heavy (non-hydrogen) atoms. The van der Waals surface area contributed by atoms with Gasteiger partial charge in [-0.15, -0.1) is 0 Å². The Labute approximate surface area is 199 Å². The lowest BCUT2D eigenvalue weighted by molar-refractivity contribution is 0.104. The second-order valence-corrected chi connectivity index (χ2v) is 7.96. The molecule has 0 aliphatic carbocycles. The van der Waals surface area contributed by atoms with E-state index in [0.717, 1.165) is 61.2 Å². The molecule has 4 nitrogen and oxygen atoms in total. The van der Waals surface area contributed by atoms with Gasteiger partial charge in [-0.2, -0.15) is 0 Å². The number of hydrogen-bond acceptors (Lipinski definition) is 4. The van der Waals surface area contributed by atoms with Gasteiger partial charge in [0, 0.05) is 17.2 Å². The average molecular weight is 451 g/mol. The molecule has 0 amide bonds. The van der Waals surface area contributed by atoms with Gasteiger partial charge in [-0.1, -0.05) is 58.8 Å². The minimum Gasteiger partial charge on any atom is -0.493 e. The van der Waals surface area contributed by atoms with Crippen LogP contribution >= 0.6 is 0 Å².